The molecule has 0 bridgehead atoms. The summed E-state index contributed by atoms with van der Waals surface area (Å²) in [4.78, 5) is 4.93. The SMILES string of the molecule is COc1ccc(C)n2nc(CP(Cl)(c3ccccc3)(c3ccccc3)c3ccccc3)nc12. The fourth-order valence-electron chi connectivity index (χ4n) is 4.53. The molecule has 0 aliphatic carbocycles. The van der Waals surface area contributed by atoms with Gasteiger partial charge in [0.05, 0.1) is 0 Å². The summed E-state index contributed by atoms with van der Waals surface area (Å²) < 4.78 is 7.40. The summed E-state index contributed by atoms with van der Waals surface area (Å²) in [7, 11) is 1.65. The van der Waals surface area contributed by atoms with E-state index in [1.54, 1.807) is 7.11 Å². The Kier molecular flexibility index (Phi) is 5.44. The molecular weight excluding hydrogens is 449 g/mol. The van der Waals surface area contributed by atoms with Gasteiger partial charge in [0.15, 0.2) is 0 Å². The number of hydrogen-bond donors (Lipinski definition) is 0. The first-order valence-electron chi connectivity index (χ1n) is 10.8. The van der Waals surface area contributed by atoms with Crippen molar-refractivity contribution >= 4 is 38.8 Å². The molecule has 4 nitrogen and oxygen atoms in total. The fourth-order valence-corrected chi connectivity index (χ4v) is 10.4. The van der Waals surface area contributed by atoms with Gasteiger partial charge < -0.3 is 0 Å². The van der Waals surface area contributed by atoms with Crippen molar-refractivity contribution in [3.63, 3.8) is 0 Å². The maximum atomic E-state index is 8.16. The number of halogens is 1. The van der Waals surface area contributed by atoms with Gasteiger partial charge in [-0.2, -0.15) is 0 Å². The molecule has 0 aliphatic rings. The second-order valence-electron chi connectivity index (χ2n) is 8.15. The summed E-state index contributed by atoms with van der Waals surface area (Å²) >= 11 is 8.16. The van der Waals surface area contributed by atoms with Crippen molar-refractivity contribution in [3.8, 4) is 5.75 Å². The number of fused-ring (bicyclic) bond motifs is 1. The van der Waals surface area contributed by atoms with E-state index in [-0.39, 0.29) is 0 Å². The first-order chi connectivity index (χ1) is 16.0. The molecule has 2 heterocycles. The van der Waals surface area contributed by atoms with Crippen LogP contribution in [-0.2, 0) is 6.16 Å². The molecule has 0 aliphatic heterocycles. The van der Waals surface area contributed by atoms with E-state index in [4.69, 9.17) is 26.1 Å². The van der Waals surface area contributed by atoms with E-state index in [2.05, 4.69) is 72.8 Å². The van der Waals surface area contributed by atoms with Gasteiger partial charge in [0.1, 0.15) is 0 Å². The van der Waals surface area contributed by atoms with E-state index in [1.165, 1.54) is 0 Å². The minimum absolute atomic E-state index is 0.482. The minimum atomic E-state index is -3.50. The third-order valence-corrected chi connectivity index (χ3v) is 13.3. The number of ether oxygens (including phenoxy) is 1. The Labute approximate surface area is 198 Å². The Morgan fingerprint density at radius 2 is 1.24 bits per heavy atom. The molecule has 0 spiro atoms. The second-order valence-corrected chi connectivity index (χ2v) is 14.6. The molecule has 0 saturated carbocycles. The van der Waals surface area contributed by atoms with Crippen molar-refractivity contribution in [2.24, 2.45) is 0 Å². The molecule has 33 heavy (non-hydrogen) atoms. The average Bonchev–Trinajstić information content (AvgIpc) is 3.30. The van der Waals surface area contributed by atoms with Gasteiger partial charge in [-0.1, -0.05) is 0 Å². The van der Waals surface area contributed by atoms with Crippen molar-refractivity contribution in [2.45, 2.75) is 13.1 Å². The van der Waals surface area contributed by atoms with Crippen LogP contribution in [-0.4, -0.2) is 21.7 Å². The molecule has 0 atom stereocenters. The molecule has 6 heteroatoms. The summed E-state index contributed by atoms with van der Waals surface area (Å²) in [6.07, 6.45) is 0.482. The van der Waals surface area contributed by atoms with Crippen LogP contribution in [0.3, 0.4) is 0 Å². The zero-order chi connectivity index (χ0) is 22.9. The van der Waals surface area contributed by atoms with E-state index in [9.17, 15) is 0 Å². The molecule has 0 N–H and O–H groups in total. The standard InChI is InChI=1S/C27H25ClN3OP/c1-21-18-19-25(32-2)27-29-26(30-31(21)27)20-33(28,22-12-6-3-7-13-22,23-14-8-4-9-15-23)24-16-10-5-11-17-24/h3-19H,20H2,1-2H3. The molecule has 0 fully saturated rings. The van der Waals surface area contributed by atoms with Crippen LogP contribution in [0.5, 0.6) is 5.75 Å². The van der Waals surface area contributed by atoms with E-state index >= 15 is 0 Å². The van der Waals surface area contributed by atoms with Crippen LogP contribution in [0, 0.1) is 6.92 Å². The van der Waals surface area contributed by atoms with Crippen molar-refractivity contribution in [3.05, 3.63) is 115 Å². The van der Waals surface area contributed by atoms with Gasteiger partial charge in [-0.3, -0.25) is 0 Å². The number of aryl methyl sites for hydroxylation is 1. The Morgan fingerprint density at radius 1 is 0.758 bits per heavy atom. The van der Waals surface area contributed by atoms with Crippen molar-refractivity contribution in [2.75, 3.05) is 7.11 Å². The van der Waals surface area contributed by atoms with E-state index < -0.39 is 5.96 Å². The van der Waals surface area contributed by atoms with Crippen LogP contribution in [0.1, 0.15) is 11.5 Å². The monoisotopic (exact) mass is 473 g/mol. The molecule has 0 saturated heterocycles. The molecule has 5 rings (SSSR count). The Bertz CT molecular complexity index is 1310. The van der Waals surface area contributed by atoms with Gasteiger partial charge in [-0.15, -0.1) is 0 Å². The number of nitrogens with zero attached hydrogens (tertiary/aromatic N) is 3. The topological polar surface area (TPSA) is 39.4 Å². The Balaban J connectivity index is 1.84. The first-order valence-corrected chi connectivity index (χ1v) is 14.2. The van der Waals surface area contributed by atoms with Gasteiger partial charge in [0.25, 0.3) is 0 Å². The molecule has 2 aromatic heterocycles. The van der Waals surface area contributed by atoms with Gasteiger partial charge in [-0.05, 0) is 0 Å². The number of pyridine rings is 1. The Hall–Kier alpha value is -3.20. The van der Waals surface area contributed by atoms with Crippen molar-refractivity contribution < 1.29 is 4.74 Å². The van der Waals surface area contributed by atoms with E-state index in [0.29, 0.717) is 23.4 Å². The zero-order valence-electron chi connectivity index (χ0n) is 18.6. The predicted molar refractivity (Wildman–Crippen MR) is 139 cm³/mol. The fraction of sp³-hybridized carbons (Fsp3) is 0.111. The summed E-state index contributed by atoms with van der Waals surface area (Å²) in [6.45, 7) is 2.01. The molecule has 0 radical (unpaired) electrons. The summed E-state index contributed by atoms with van der Waals surface area (Å²) in [5.41, 5.74) is 1.68. The number of rotatable bonds is 6. The van der Waals surface area contributed by atoms with Crippen LogP contribution in [0.2, 0.25) is 0 Å². The van der Waals surface area contributed by atoms with E-state index in [1.807, 2.05) is 41.8 Å². The quantitative estimate of drug-likeness (QED) is 0.317. The van der Waals surface area contributed by atoms with Gasteiger partial charge >= 0.3 is 199 Å². The van der Waals surface area contributed by atoms with Crippen LogP contribution in [0.15, 0.2) is 103 Å². The van der Waals surface area contributed by atoms with Crippen molar-refractivity contribution in [1.82, 2.24) is 14.6 Å². The average molecular weight is 474 g/mol. The van der Waals surface area contributed by atoms with E-state index in [0.717, 1.165) is 21.6 Å². The third-order valence-electron chi connectivity index (χ3n) is 6.22. The molecule has 0 unspecified atom stereocenters. The molecule has 0 amide bonds. The summed E-state index contributed by atoms with van der Waals surface area (Å²) in [6, 6.07) is 35.1. The van der Waals surface area contributed by atoms with Crippen molar-refractivity contribution in [1.29, 1.82) is 0 Å². The number of aromatic nitrogens is 3. The Morgan fingerprint density at radius 3 is 1.70 bits per heavy atom. The first kappa shape index (κ1) is 21.6. The maximum absolute atomic E-state index is 8.16. The van der Waals surface area contributed by atoms with Crippen LogP contribution >= 0.6 is 17.2 Å². The third kappa shape index (κ3) is 3.42. The van der Waals surface area contributed by atoms with Crippen LogP contribution in [0.25, 0.3) is 5.65 Å². The predicted octanol–water partition coefficient (Wildman–Crippen LogP) is 5.23. The normalized spacial score (nSPS) is 12.9. The van der Waals surface area contributed by atoms with Gasteiger partial charge in [-0.25, -0.2) is 0 Å². The molecular formula is C27H25ClN3OP. The number of methoxy groups -OCH3 is 1. The summed E-state index contributed by atoms with van der Waals surface area (Å²) in [5, 5.41) is 8.17. The zero-order valence-corrected chi connectivity index (χ0v) is 20.2. The molecule has 5 aromatic rings. The number of benzene rings is 3. The van der Waals surface area contributed by atoms with Gasteiger partial charge in [0.2, 0.25) is 0 Å². The second kappa shape index (κ2) is 8.30. The summed E-state index contributed by atoms with van der Waals surface area (Å²) in [5.74, 6) is -2.12. The molecule has 3 aromatic carbocycles. The van der Waals surface area contributed by atoms with Gasteiger partial charge in [0, 0.05) is 0 Å². The number of hydrogen-bond acceptors (Lipinski definition) is 3. The molecule has 166 valence electrons. The van der Waals surface area contributed by atoms with Crippen LogP contribution < -0.4 is 20.7 Å². The van der Waals surface area contributed by atoms with Crippen LogP contribution in [0.4, 0.5) is 0 Å².